The molecule has 1 atom stereocenters. The lowest BCUT2D eigenvalue weighted by Gasteiger charge is -2.29. The van der Waals surface area contributed by atoms with Gasteiger partial charge in [0.05, 0.1) is 5.56 Å². The van der Waals surface area contributed by atoms with Crippen molar-refractivity contribution in [1.29, 1.82) is 0 Å². The highest BCUT2D eigenvalue weighted by Gasteiger charge is 2.35. The van der Waals surface area contributed by atoms with Crippen molar-refractivity contribution in [3.8, 4) is 5.75 Å². The van der Waals surface area contributed by atoms with Gasteiger partial charge in [0.25, 0.3) is 5.91 Å². The standard InChI is InChI=1S/C19H20ClF3N2O2/c1-18(10-11-24,17(26)25-12-13-2-6-15(20)7-3-13)27-16-8-4-14(5-9-16)19(21,22)23/h2-9H,10-12,24H2,1H3,(H,25,26). The normalized spacial score (nSPS) is 13.7. The molecule has 0 spiro atoms. The van der Waals surface area contributed by atoms with Crippen molar-refractivity contribution in [3.05, 3.63) is 64.7 Å². The van der Waals surface area contributed by atoms with Gasteiger partial charge in [-0.25, -0.2) is 0 Å². The maximum Gasteiger partial charge on any atom is 0.416 e. The lowest BCUT2D eigenvalue weighted by molar-refractivity contribution is -0.138. The van der Waals surface area contributed by atoms with Gasteiger partial charge in [0, 0.05) is 18.0 Å². The first-order valence-corrected chi connectivity index (χ1v) is 8.61. The largest absolute Gasteiger partial charge is 0.478 e. The van der Waals surface area contributed by atoms with E-state index in [0.29, 0.717) is 5.02 Å². The molecular formula is C19H20ClF3N2O2. The number of carbonyl (C=O) groups excluding carboxylic acids is 1. The summed E-state index contributed by atoms with van der Waals surface area (Å²) in [4.78, 5) is 12.6. The first-order chi connectivity index (χ1) is 12.6. The second-order valence-corrected chi connectivity index (χ2v) is 6.64. The van der Waals surface area contributed by atoms with Crippen LogP contribution in [0.25, 0.3) is 0 Å². The molecule has 0 radical (unpaired) electrons. The average molecular weight is 401 g/mol. The van der Waals surface area contributed by atoms with E-state index in [-0.39, 0.29) is 25.3 Å². The van der Waals surface area contributed by atoms with Gasteiger partial charge in [0.15, 0.2) is 5.60 Å². The van der Waals surface area contributed by atoms with E-state index in [1.165, 1.54) is 12.1 Å². The Bertz CT molecular complexity index is 764. The number of rotatable bonds is 7. The fourth-order valence-electron chi connectivity index (χ4n) is 2.43. The van der Waals surface area contributed by atoms with Crippen LogP contribution in [0.1, 0.15) is 24.5 Å². The summed E-state index contributed by atoms with van der Waals surface area (Å²) in [5, 5.41) is 3.34. The van der Waals surface area contributed by atoms with E-state index >= 15 is 0 Å². The molecule has 0 bridgehead atoms. The van der Waals surface area contributed by atoms with Crippen LogP contribution >= 0.6 is 11.6 Å². The molecule has 1 amide bonds. The molecule has 0 aliphatic heterocycles. The van der Waals surface area contributed by atoms with Crippen LogP contribution in [0, 0.1) is 0 Å². The maximum absolute atomic E-state index is 12.7. The van der Waals surface area contributed by atoms with Gasteiger partial charge in [-0.15, -0.1) is 0 Å². The lowest BCUT2D eigenvalue weighted by atomic mass is 10.0. The van der Waals surface area contributed by atoms with Crippen LogP contribution in [0.4, 0.5) is 13.2 Å². The minimum atomic E-state index is -4.44. The Morgan fingerprint density at radius 2 is 1.70 bits per heavy atom. The Balaban J connectivity index is 2.08. The minimum absolute atomic E-state index is 0.153. The number of ether oxygens (including phenoxy) is 1. The summed E-state index contributed by atoms with van der Waals surface area (Å²) < 4.78 is 43.7. The molecule has 8 heteroatoms. The molecule has 2 rings (SSSR count). The first kappa shape index (κ1) is 21.1. The van der Waals surface area contributed by atoms with Gasteiger partial charge >= 0.3 is 6.18 Å². The fraction of sp³-hybridized carbons (Fsp3) is 0.316. The monoisotopic (exact) mass is 400 g/mol. The summed E-state index contributed by atoms with van der Waals surface area (Å²) in [6.45, 7) is 1.98. The van der Waals surface area contributed by atoms with E-state index in [0.717, 1.165) is 17.7 Å². The van der Waals surface area contributed by atoms with Crippen molar-refractivity contribution in [1.82, 2.24) is 5.32 Å². The van der Waals surface area contributed by atoms with Crippen molar-refractivity contribution < 1.29 is 22.7 Å². The Kier molecular flexibility index (Phi) is 6.73. The highest BCUT2D eigenvalue weighted by atomic mass is 35.5. The number of carbonyl (C=O) groups is 1. The van der Waals surface area contributed by atoms with E-state index in [9.17, 15) is 18.0 Å². The van der Waals surface area contributed by atoms with Gasteiger partial charge in [0.2, 0.25) is 0 Å². The molecule has 3 N–H and O–H groups in total. The molecule has 146 valence electrons. The molecule has 0 aromatic heterocycles. The van der Waals surface area contributed by atoms with E-state index in [1.807, 2.05) is 0 Å². The molecule has 0 aliphatic rings. The summed E-state index contributed by atoms with van der Waals surface area (Å²) in [5.41, 5.74) is 4.32. The topological polar surface area (TPSA) is 64.3 Å². The molecule has 2 aromatic carbocycles. The zero-order valence-electron chi connectivity index (χ0n) is 14.6. The van der Waals surface area contributed by atoms with Crippen molar-refractivity contribution >= 4 is 17.5 Å². The number of hydrogen-bond acceptors (Lipinski definition) is 3. The zero-order chi connectivity index (χ0) is 20.1. The van der Waals surface area contributed by atoms with Crippen LogP contribution in [-0.4, -0.2) is 18.1 Å². The van der Waals surface area contributed by atoms with Crippen LogP contribution in [0.2, 0.25) is 5.02 Å². The summed E-state index contributed by atoms with van der Waals surface area (Å²) in [6, 6.07) is 11.2. The minimum Gasteiger partial charge on any atom is -0.478 e. The molecule has 27 heavy (non-hydrogen) atoms. The second kappa shape index (κ2) is 8.63. The number of amides is 1. The van der Waals surface area contributed by atoms with Gasteiger partial charge in [-0.3, -0.25) is 4.79 Å². The summed E-state index contributed by atoms with van der Waals surface area (Å²) in [5.74, 6) is -0.261. The molecule has 2 aromatic rings. The lowest BCUT2D eigenvalue weighted by Crippen LogP contribution is -2.49. The maximum atomic E-state index is 12.7. The van der Waals surface area contributed by atoms with E-state index in [1.54, 1.807) is 31.2 Å². The molecule has 1 unspecified atom stereocenters. The highest BCUT2D eigenvalue weighted by molar-refractivity contribution is 6.30. The van der Waals surface area contributed by atoms with Gasteiger partial charge in [0.1, 0.15) is 5.75 Å². The fourth-order valence-corrected chi connectivity index (χ4v) is 2.56. The third-order valence-electron chi connectivity index (χ3n) is 3.99. The van der Waals surface area contributed by atoms with Crippen molar-refractivity contribution in [3.63, 3.8) is 0 Å². The highest BCUT2D eigenvalue weighted by Crippen LogP contribution is 2.31. The number of alkyl halides is 3. The SMILES string of the molecule is CC(CCN)(Oc1ccc(C(F)(F)F)cc1)C(=O)NCc1ccc(Cl)cc1. The third-order valence-corrected chi connectivity index (χ3v) is 4.24. The molecule has 0 saturated carbocycles. The van der Waals surface area contributed by atoms with Crippen molar-refractivity contribution in [2.45, 2.75) is 31.7 Å². The van der Waals surface area contributed by atoms with Crippen LogP contribution in [-0.2, 0) is 17.5 Å². The number of nitrogens with two attached hydrogens (primary N) is 1. The quantitative estimate of drug-likeness (QED) is 0.733. The smallest absolute Gasteiger partial charge is 0.416 e. The molecule has 0 saturated heterocycles. The van der Waals surface area contributed by atoms with Crippen molar-refractivity contribution in [2.75, 3.05) is 6.54 Å². The predicted molar refractivity (Wildman–Crippen MR) is 97.4 cm³/mol. The van der Waals surface area contributed by atoms with Gasteiger partial charge in [-0.1, -0.05) is 23.7 Å². The average Bonchev–Trinajstić information content (AvgIpc) is 2.61. The van der Waals surface area contributed by atoms with Gasteiger partial charge in [-0.05, 0) is 55.4 Å². The summed E-state index contributed by atoms with van der Waals surface area (Å²) in [6.07, 6.45) is -4.24. The van der Waals surface area contributed by atoms with Gasteiger partial charge < -0.3 is 15.8 Å². The van der Waals surface area contributed by atoms with E-state index in [4.69, 9.17) is 22.1 Å². The number of nitrogens with one attached hydrogen (secondary N) is 1. The Morgan fingerprint density at radius 1 is 1.11 bits per heavy atom. The van der Waals surface area contributed by atoms with Gasteiger partial charge in [-0.2, -0.15) is 13.2 Å². The van der Waals surface area contributed by atoms with Crippen LogP contribution in [0.3, 0.4) is 0 Å². The van der Waals surface area contributed by atoms with E-state index in [2.05, 4.69) is 5.32 Å². The Labute approximate surface area is 160 Å². The molecular weight excluding hydrogens is 381 g/mol. The third kappa shape index (κ3) is 5.87. The predicted octanol–water partition coefficient (Wildman–Crippen LogP) is 4.16. The number of hydrogen-bond donors (Lipinski definition) is 2. The molecule has 0 fully saturated rings. The van der Waals surface area contributed by atoms with E-state index < -0.39 is 23.2 Å². The molecule has 4 nitrogen and oxygen atoms in total. The zero-order valence-corrected chi connectivity index (χ0v) is 15.4. The molecule has 0 aliphatic carbocycles. The Hall–Kier alpha value is -2.25. The number of benzene rings is 2. The summed E-state index contributed by atoms with van der Waals surface area (Å²) >= 11 is 5.83. The first-order valence-electron chi connectivity index (χ1n) is 8.23. The summed E-state index contributed by atoms with van der Waals surface area (Å²) in [7, 11) is 0. The van der Waals surface area contributed by atoms with Crippen LogP contribution in [0.15, 0.2) is 48.5 Å². The number of halogens is 4. The molecule has 0 heterocycles. The van der Waals surface area contributed by atoms with Crippen molar-refractivity contribution in [2.24, 2.45) is 5.73 Å². The van der Waals surface area contributed by atoms with Crippen LogP contribution in [0.5, 0.6) is 5.75 Å². The Morgan fingerprint density at radius 3 is 2.22 bits per heavy atom. The van der Waals surface area contributed by atoms with Crippen LogP contribution < -0.4 is 15.8 Å². The second-order valence-electron chi connectivity index (χ2n) is 6.20.